The molecule has 1 N–H and O–H groups in total. The maximum Gasteiger partial charge on any atom is 0.241 e. The van der Waals surface area contributed by atoms with E-state index in [0.29, 0.717) is 41.9 Å². The minimum atomic E-state index is -0.302. The van der Waals surface area contributed by atoms with Gasteiger partial charge in [0.25, 0.3) is 0 Å². The molecule has 7 heteroatoms. The summed E-state index contributed by atoms with van der Waals surface area (Å²) in [6.45, 7) is 6.05. The van der Waals surface area contributed by atoms with Crippen LogP contribution >= 0.6 is 23.2 Å². The number of anilines is 1. The van der Waals surface area contributed by atoms with E-state index in [2.05, 4.69) is 5.32 Å². The third-order valence-electron chi connectivity index (χ3n) is 3.87. The van der Waals surface area contributed by atoms with Gasteiger partial charge >= 0.3 is 0 Å². The average Bonchev–Trinajstić information content (AvgIpc) is 2.50. The molecule has 120 valence electrons. The molecule has 1 aliphatic rings. The van der Waals surface area contributed by atoms with Crippen LogP contribution in [0, 0.1) is 0 Å². The zero-order valence-electron chi connectivity index (χ0n) is 12.6. The van der Waals surface area contributed by atoms with Crippen LogP contribution in [-0.2, 0) is 9.59 Å². The number of carbonyl (C=O) groups excluding carboxylic acids is 2. The number of benzene rings is 1. The molecular weight excluding hydrogens is 325 g/mol. The number of carbonyl (C=O) groups is 2. The molecular formula is C15H19Cl2N3O2. The summed E-state index contributed by atoms with van der Waals surface area (Å²) >= 11 is 12.0. The highest BCUT2D eigenvalue weighted by Gasteiger charge is 2.26. The van der Waals surface area contributed by atoms with Gasteiger partial charge in [-0.2, -0.15) is 0 Å². The molecule has 2 amide bonds. The summed E-state index contributed by atoms with van der Waals surface area (Å²) in [5, 5.41) is 3.77. The van der Waals surface area contributed by atoms with Gasteiger partial charge in [0.15, 0.2) is 0 Å². The smallest absolute Gasteiger partial charge is 0.241 e. The molecule has 1 aliphatic heterocycles. The molecule has 1 aromatic rings. The molecule has 1 heterocycles. The van der Waals surface area contributed by atoms with E-state index in [1.807, 2.05) is 11.8 Å². The van der Waals surface area contributed by atoms with Crippen molar-refractivity contribution in [2.75, 3.05) is 31.5 Å². The summed E-state index contributed by atoms with van der Waals surface area (Å²) < 4.78 is 0. The fraction of sp³-hybridized carbons (Fsp3) is 0.467. The van der Waals surface area contributed by atoms with Crippen molar-refractivity contribution in [1.29, 1.82) is 0 Å². The first kappa shape index (κ1) is 17.1. The molecule has 0 radical (unpaired) electrons. The molecule has 1 unspecified atom stereocenters. The second kappa shape index (κ2) is 7.31. The Balaban J connectivity index is 1.95. The van der Waals surface area contributed by atoms with Gasteiger partial charge in [0.1, 0.15) is 0 Å². The molecule has 1 aromatic carbocycles. The largest absolute Gasteiger partial charge is 0.340 e. The average molecular weight is 344 g/mol. The number of piperazine rings is 1. The molecule has 1 fully saturated rings. The van der Waals surface area contributed by atoms with Gasteiger partial charge in [-0.05, 0) is 25.1 Å². The summed E-state index contributed by atoms with van der Waals surface area (Å²) in [4.78, 5) is 27.5. The number of hydrogen-bond donors (Lipinski definition) is 1. The van der Waals surface area contributed by atoms with E-state index in [1.165, 1.54) is 0 Å². The first-order valence-electron chi connectivity index (χ1n) is 7.14. The van der Waals surface area contributed by atoms with E-state index >= 15 is 0 Å². The predicted octanol–water partition coefficient (Wildman–Crippen LogP) is 2.48. The molecule has 2 rings (SSSR count). The van der Waals surface area contributed by atoms with Gasteiger partial charge in [0, 0.05) is 38.1 Å². The molecule has 5 nitrogen and oxygen atoms in total. The Hall–Kier alpha value is -1.30. The molecule has 22 heavy (non-hydrogen) atoms. The lowest BCUT2D eigenvalue weighted by molar-refractivity contribution is -0.131. The lowest BCUT2D eigenvalue weighted by Gasteiger charge is -2.37. The summed E-state index contributed by atoms with van der Waals surface area (Å²) in [5.74, 6) is -0.0668. The number of nitrogens with one attached hydrogen (secondary N) is 1. The maximum atomic E-state index is 12.4. The normalized spacial score (nSPS) is 17.2. The van der Waals surface area contributed by atoms with Crippen LogP contribution in [0.25, 0.3) is 0 Å². The Kier molecular flexibility index (Phi) is 5.67. The van der Waals surface area contributed by atoms with Crippen molar-refractivity contribution in [3.05, 3.63) is 28.2 Å². The Morgan fingerprint density at radius 1 is 1.18 bits per heavy atom. The lowest BCUT2D eigenvalue weighted by Crippen LogP contribution is -2.53. The SMILES string of the molecule is CC(=O)N1CCN(C(C)C(=O)Nc2cc(Cl)ccc2Cl)CC1. The van der Waals surface area contributed by atoms with Crippen LogP contribution in [0.3, 0.4) is 0 Å². The van der Waals surface area contributed by atoms with Crippen molar-refractivity contribution in [1.82, 2.24) is 9.80 Å². The first-order chi connectivity index (χ1) is 10.4. The molecule has 1 saturated heterocycles. The fourth-order valence-electron chi connectivity index (χ4n) is 2.42. The van der Waals surface area contributed by atoms with Crippen LogP contribution in [0.4, 0.5) is 5.69 Å². The van der Waals surface area contributed by atoms with Crippen molar-refractivity contribution in [3.63, 3.8) is 0 Å². The summed E-state index contributed by atoms with van der Waals surface area (Å²) in [6, 6.07) is 4.64. The van der Waals surface area contributed by atoms with E-state index in [4.69, 9.17) is 23.2 Å². The zero-order chi connectivity index (χ0) is 16.3. The van der Waals surface area contributed by atoms with Crippen molar-refractivity contribution in [3.8, 4) is 0 Å². The number of nitrogens with zero attached hydrogens (tertiary/aromatic N) is 2. The molecule has 0 spiro atoms. The van der Waals surface area contributed by atoms with E-state index in [0.717, 1.165) is 0 Å². The molecule has 1 atom stereocenters. The van der Waals surface area contributed by atoms with Gasteiger partial charge in [0.2, 0.25) is 11.8 Å². The predicted molar refractivity (Wildman–Crippen MR) is 88.4 cm³/mol. The second-order valence-electron chi connectivity index (χ2n) is 5.33. The Morgan fingerprint density at radius 2 is 1.82 bits per heavy atom. The molecule has 0 aromatic heterocycles. The van der Waals surface area contributed by atoms with Gasteiger partial charge in [-0.3, -0.25) is 14.5 Å². The minimum absolute atomic E-state index is 0.0717. The van der Waals surface area contributed by atoms with Crippen LogP contribution in [0.15, 0.2) is 18.2 Å². The van der Waals surface area contributed by atoms with Crippen molar-refractivity contribution < 1.29 is 9.59 Å². The van der Waals surface area contributed by atoms with Crippen molar-refractivity contribution in [2.24, 2.45) is 0 Å². The van der Waals surface area contributed by atoms with Gasteiger partial charge < -0.3 is 10.2 Å². The van der Waals surface area contributed by atoms with Crippen molar-refractivity contribution in [2.45, 2.75) is 19.9 Å². The van der Waals surface area contributed by atoms with Crippen LogP contribution in [0.2, 0.25) is 10.0 Å². The first-order valence-corrected chi connectivity index (χ1v) is 7.89. The number of hydrogen-bond acceptors (Lipinski definition) is 3. The highest BCUT2D eigenvalue weighted by molar-refractivity contribution is 6.35. The summed E-state index contributed by atoms with van der Waals surface area (Å²) in [6.07, 6.45) is 0. The van der Waals surface area contributed by atoms with E-state index in [1.54, 1.807) is 30.0 Å². The fourth-order valence-corrected chi connectivity index (χ4v) is 2.76. The third kappa shape index (κ3) is 4.12. The Morgan fingerprint density at radius 3 is 2.41 bits per heavy atom. The number of amides is 2. The van der Waals surface area contributed by atoms with Gasteiger partial charge in [-0.25, -0.2) is 0 Å². The second-order valence-corrected chi connectivity index (χ2v) is 6.18. The molecule has 0 aliphatic carbocycles. The number of halogens is 2. The zero-order valence-corrected chi connectivity index (χ0v) is 14.1. The van der Waals surface area contributed by atoms with E-state index < -0.39 is 0 Å². The Labute approximate surface area is 140 Å². The number of rotatable bonds is 3. The van der Waals surface area contributed by atoms with Crippen LogP contribution in [0.1, 0.15) is 13.8 Å². The van der Waals surface area contributed by atoms with E-state index in [9.17, 15) is 9.59 Å². The Bertz CT molecular complexity index is 572. The quantitative estimate of drug-likeness (QED) is 0.917. The standard InChI is InChI=1S/C15H19Cl2N3O2/c1-10(19-5-7-20(8-6-19)11(2)21)15(22)18-14-9-12(16)3-4-13(14)17/h3-4,9-10H,5-8H2,1-2H3,(H,18,22). The van der Waals surface area contributed by atoms with Crippen LogP contribution < -0.4 is 5.32 Å². The summed E-state index contributed by atoms with van der Waals surface area (Å²) in [5.41, 5.74) is 0.508. The highest BCUT2D eigenvalue weighted by Crippen LogP contribution is 2.25. The summed E-state index contributed by atoms with van der Waals surface area (Å²) in [7, 11) is 0. The van der Waals surface area contributed by atoms with Gasteiger partial charge in [-0.15, -0.1) is 0 Å². The maximum absolute atomic E-state index is 12.4. The topological polar surface area (TPSA) is 52.7 Å². The molecule has 0 bridgehead atoms. The molecule has 0 saturated carbocycles. The lowest BCUT2D eigenvalue weighted by atomic mass is 10.2. The van der Waals surface area contributed by atoms with Crippen LogP contribution in [-0.4, -0.2) is 53.8 Å². The van der Waals surface area contributed by atoms with Gasteiger partial charge in [-0.1, -0.05) is 23.2 Å². The van der Waals surface area contributed by atoms with E-state index in [-0.39, 0.29) is 17.9 Å². The minimum Gasteiger partial charge on any atom is -0.340 e. The monoisotopic (exact) mass is 343 g/mol. The van der Waals surface area contributed by atoms with Gasteiger partial charge in [0.05, 0.1) is 16.8 Å². The van der Waals surface area contributed by atoms with Crippen LogP contribution in [0.5, 0.6) is 0 Å². The highest BCUT2D eigenvalue weighted by atomic mass is 35.5. The third-order valence-corrected chi connectivity index (χ3v) is 4.44. The van der Waals surface area contributed by atoms with Crippen molar-refractivity contribution >= 4 is 40.7 Å².